The first-order valence-corrected chi connectivity index (χ1v) is 9.75. The molecule has 3 N–H and O–H groups in total. The molecule has 1 aliphatic rings. The van der Waals surface area contributed by atoms with Gasteiger partial charge in [0.2, 0.25) is 0 Å². The molecule has 1 aliphatic carbocycles. The predicted octanol–water partition coefficient (Wildman–Crippen LogP) is 4.42. The number of rotatable bonds is 4. The summed E-state index contributed by atoms with van der Waals surface area (Å²) in [6.45, 7) is 4.00. The van der Waals surface area contributed by atoms with Crippen molar-refractivity contribution in [1.29, 1.82) is 0 Å². The van der Waals surface area contributed by atoms with E-state index in [0.29, 0.717) is 11.4 Å². The average Bonchev–Trinajstić information content (AvgIpc) is 3.09. The van der Waals surface area contributed by atoms with Gasteiger partial charge in [0.05, 0.1) is 3.57 Å². The van der Waals surface area contributed by atoms with E-state index in [1.807, 2.05) is 19.9 Å². The summed E-state index contributed by atoms with van der Waals surface area (Å²) in [5, 5.41) is 21.3. The molecule has 6 nitrogen and oxygen atoms in total. The lowest BCUT2D eigenvalue weighted by atomic mass is 10.0. The normalized spacial score (nSPS) is 12.7. The third-order valence-electron chi connectivity index (χ3n) is 4.59. The standard InChI is InChI=1S/C20H20INO5/c1-10(2)14-8-11(6-7-17(14)23)27-18-13-5-3-4-12(13)16(9-15(18)21)22-19(24)20(25)26/h6-10,23H,3-5H2,1-2H3,(H,22,24)(H,25,26). The van der Waals surface area contributed by atoms with Crippen molar-refractivity contribution in [3.05, 3.63) is 44.5 Å². The zero-order chi connectivity index (χ0) is 19.7. The Morgan fingerprint density at radius 3 is 2.56 bits per heavy atom. The van der Waals surface area contributed by atoms with Crippen molar-refractivity contribution in [2.45, 2.75) is 39.0 Å². The van der Waals surface area contributed by atoms with Crippen LogP contribution in [-0.2, 0) is 22.4 Å². The van der Waals surface area contributed by atoms with Crippen LogP contribution in [0.5, 0.6) is 17.2 Å². The zero-order valence-corrected chi connectivity index (χ0v) is 17.2. The molecule has 27 heavy (non-hydrogen) atoms. The Labute approximate surface area is 170 Å². The minimum absolute atomic E-state index is 0.159. The van der Waals surface area contributed by atoms with Crippen LogP contribution in [0.15, 0.2) is 24.3 Å². The third kappa shape index (κ3) is 4.02. The van der Waals surface area contributed by atoms with Crippen LogP contribution in [0.4, 0.5) is 5.69 Å². The van der Waals surface area contributed by atoms with Crippen LogP contribution in [-0.4, -0.2) is 22.1 Å². The van der Waals surface area contributed by atoms with E-state index in [1.54, 1.807) is 18.2 Å². The van der Waals surface area contributed by atoms with Gasteiger partial charge in [0, 0.05) is 16.8 Å². The van der Waals surface area contributed by atoms with Crippen molar-refractivity contribution >= 4 is 40.2 Å². The lowest BCUT2D eigenvalue weighted by Gasteiger charge is -2.17. The van der Waals surface area contributed by atoms with Crippen molar-refractivity contribution in [2.75, 3.05) is 5.32 Å². The molecule has 0 unspecified atom stereocenters. The van der Waals surface area contributed by atoms with Crippen LogP contribution >= 0.6 is 22.6 Å². The fourth-order valence-electron chi connectivity index (χ4n) is 3.29. The van der Waals surface area contributed by atoms with Gasteiger partial charge in [0.15, 0.2) is 0 Å². The Morgan fingerprint density at radius 1 is 1.19 bits per heavy atom. The summed E-state index contributed by atoms with van der Waals surface area (Å²) in [7, 11) is 0. The van der Waals surface area contributed by atoms with Crippen LogP contribution in [0.25, 0.3) is 0 Å². The van der Waals surface area contributed by atoms with Crippen molar-refractivity contribution in [1.82, 2.24) is 0 Å². The van der Waals surface area contributed by atoms with E-state index >= 15 is 0 Å². The number of phenols is 1. The number of ether oxygens (including phenoxy) is 1. The van der Waals surface area contributed by atoms with Gasteiger partial charge in [0.1, 0.15) is 17.2 Å². The molecule has 0 heterocycles. The van der Waals surface area contributed by atoms with Crippen LogP contribution in [0.1, 0.15) is 42.9 Å². The molecular weight excluding hydrogens is 461 g/mol. The van der Waals surface area contributed by atoms with Crippen LogP contribution in [0, 0.1) is 3.57 Å². The summed E-state index contributed by atoms with van der Waals surface area (Å²) < 4.78 is 6.94. The van der Waals surface area contributed by atoms with E-state index in [-0.39, 0.29) is 11.7 Å². The topological polar surface area (TPSA) is 95.9 Å². The number of phenolic OH excluding ortho intramolecular Hbond substituents is 1. The highest BCUT2D eigenvalue weighted by Gasteiger charge is 2.25. The smallest absolute Gasteiger partial charge is 0.394 e. The van der Waals surface area contributed by atoms with Crippen LogP contribution in [0.3, 0.4) is 0 Å². The average molecular weight is 481 g/mol. The Morgan fingerprint density at radius 2 is 1.89 bits per heavy atom. The van der Waals surface area contributed by atoms with E-state index in [1.165, 1.54) is 0 Å². The minimum atomic E-state index is -1.51. The molecule has 7 heteroatoms. The maximum atomic E-state index is 11.6. The van der Waals surface area contributed by atoms with Crippen molar-refractivity contribution in [2.24, 2.45) is 0 Å². The molecule has 142 valence electrons. The fourth-order valence-corrected chi connectivity index (χ4v) is 4.04. The Kier molecular flexibility index (Phi) is 5.59. The number of benzene rings is 2. The van der Waals surface area contributed by atoms with E-state index < -0.39 is 11.9 Å². The van der Waals surface area contributed by atoms with Crippen molar-refractivity contribution in [3.8, 4) is 17.2 Å². The second-order valence-electron chi connectivity index (χ2n) is 6.78. The predicted molar refractivity (Wildman–Crippen MR) is 110 cm³/mol. The molecule has 0 bridgehead atoms. The highest BCUT2D eigenvalue weighted by molar-refractivity contribution is 14.1. The summed E-state index contributed by atoms with van der Waals surface area (Å²) in [5.74, 6) is -0.810. The quantitative estimate of drug-likeness (QED) is 0.444. The largest absolute Gasteiger partial charge is 0.508 e. The number of nitrogens with one attached hydrogen (secondary N) is 1. The molecule has 0 radical (unpaired) electrons. The second kappa shape index (κ2) is 7.75. The van der Waals surface area contributed by atoms with E-state index in [4.69, 9.17) is 9.84 Å². The van der Waals surface area contributed by atoms with Gasteiger partial charge in [0.25, 0.3) is 0 Å². The SMILES string of the molecule is CC(C)c1cc(Oc2c(I)cc(NC(=O)C(=O)O)c3c2CCC3)ccc1O. The molecule has 0 saturated heterocycles. The number of fused-ring (bicyclic) bond motifs is 1. The van der Waals surface area contributed by atoms with E-state index in [9.17, 15) is 14.7 Å². The van der Waals surface area contributed by atoms with E-state index in [2.05, 4.69) is 27.9 Å². The van der Waals surface area contributed by atoms with Gasteiger partial charge in [-0.1, -0.05) is 13.8 Å². The molecule has 0 spiro atoms. The number of carboxylic acids is 1. The van der Waals surface area contributed by atoms with Gasteiger partial charge in [-0.2, -0.15) is 0 Å². The monoisotopic (exact) mass is 481 g/mol. The summed E-state index contributed by atoms with van der Waals surface area (Å²) in [6.07, 6.45) is 2.46. The molecule has 2 aromatic rings. The molecule has 0 saturated carbocycles. The lowest BCUT2D eigenvalue weighted by molar-refractivity contribution is -0.147. The van der Waals surface area contributed by atoms with Gasteiger partial charge >= 0.3 is 11.9 Å². The maximum Gasteiger partial charge on any atom is 0.394 e. The first-order chi connectivity index (χ1) is 12.8. The van der Waals surface area contributed by atoms with Crippen LogP contribution < -0.4 is 10.1 Å². The Hall–Kier alpha value is -2.29. The highest BCUT2D eigenvalue weighted by Crippen LogP contribution is 2.42. The first-order valence-electron chi connectivity index (χ1n) is 8.67. The van der Waals surface area contributed by atoms with Gasteiger partial charge in [-0.3, -0.25) is 4.79 Å². The summed E-state index contributed by atoms with van der Waals surface area (Å²) in [5.41, 5.74) is 3.24. The summed E-state index contributed by atoms with van der Waals surface area (Å²) in [4.78, 5) is 22.4. The molecule has 2 aromatic carbocycles. The van der Waals surface area contributed by atoms with Crippen molar-refractivity contribution < 1.29 is 24.5 Å². The Bertz CT molecular complexity index is 923. The number of carbonyl (C=O) groups is 2. The minimum Gasteiger partial charge on any atom is -0.508 e. The molecule has 0 aromatic heterocycles. The van der Waals surface area contributed by atoms with E-state index in [0.717, 1.165) is 45.3 Å². The number of aromatic hydroxyl groups is 1. The molecule has 0 aliphatic heterocycles. The van der Waals surface area contributed by atoms with Gasteiger partial charge < -0.3 is 20.3 Å². The van der Waals surface area contributed by atoms with Gasteiger partial charge in [-0.15, -0.1) is 0 Å². The maximum absolute atomic E-state index is 11.6. The number of carboxylic acid groups (broad SMARTS) is 1. The van der Waals surface area contributed by atoms with Crippen LogP contribution in [0.2, 0.25) is 0 Å². The molecule has 0 fully saturated rings. The second-order valence-corrected chi connectivity index (χ2v) is 7.94. The number of aliphatic carboxylic acids is 1. The lowest BCUT2D eigenvalue weighted by Crippen LogP contribution is -2.22. The number of hydrogen-bond donors (Lipinski definition) is 3. The highest BCUT2D eigenvalue weighted by atomic mass is 127. The number of anilines is 1. The number of halogens is 1. The molecule has 3 rings (SSSR count). The zero-order valence-electron chi connectivity index (χ0n) is 15.0. The number of amides is 1. The number of hydrogen-bond acceptors (Lipinski definition) is 4. The first kappa shape index (κ1) is 19.5. The van der Waals surface area contributed by atoms with Crippen molar-refractivity contribution in [3.63, 3.8) is 0 Å². The molecule has 0 atom stereocenters. The molecule has 1 amide bonds. The van der Waals surface area contributed by atoms with Gasteiger partial charge in [-0.05, 0) is 77.6 Å². The number of carbonyl (C=O) groups excluding carboxylic acids is 1. The fraction of sp³-hybridized carbons (Fsp3) is 0.300. The summed E-state index contributed by atoms with van der Waals surface area (Å²) in [6, 6.07) is 6.92. The Balaban J connectivity index is 1.98. The molecular formula is C20H20INO5. The third-order valence-corrected chi connectivity index (χ3v) is 5.39. The van der Waals surface area contributed by atoms with Gasteiger partial charge in [-0.25, -0.2) is 4.79 Å². The summed E-state index contributed by atoms with van der Waals surface area (Å²) >= 11 is 2.13.